The summed E-state index contributed by atoms with van der Waals surface area (Å²) in [7, 11) is -0.498. The van der Waals surface area contributed by atoms with Gasteiger partial charge in [-0.3, -0.25) is 0 Å². The van der Waals surface area contributed by atoms with E-state index in [1.165, 1.54) is 60.9 Å². The van der Waals surface area contributed by atoms with Crippen molar-refractivity contribution in [2.75, 3.05) is 0 Å². The number of fused-ring (bicyclic) bond motifs is 3. The van der Waals surface area contributed by atoms with Crippen molar-refractivity contribution in [3.8, 4) is 27.9 Å². The van der Waals surface area contributed by atoms with E-state index in [9.17, 15) is 0 Å². The van der Waals surface area contributed by atoms with Crippen LogP contribution in [-0.4, -0.2) is 14.1 Å². The molecule has 3 unspecified atom stereocenters. The molecule has 0 N–H and O–H groups in total. The lowest BCUT2D eigenvalue weighted by atomic mass is 9.77. The van der Waals surface area contributed by atoms with Gasteiger partial charge in [0.2, 0.25) is 0 Å². The predicted molar refractivity (Wildman–Crippen MR) is 200 cm³/mol. The molecule has 0 fully saturated rings. The highest BCUT2D eigenvalue weighted by Crippen LogP contribution is 2.45. The van der Waals surface area contributed by atoms with E-state index in [-0.39, 0.29) is 5.41 Å². The lowest BCUT2D eigenvalue weighted by Crippen LogP contribution is -2.24. The summed E-state index contributed by atoms with van der Waals surface area (Å²) in [5.74, 6) is 0.424. The van der Waals surface area contributed by atoms with E-state index in [2.05, 4.69) is 182 Å². The summed E-state index contributed by atoms with van der Waals surface area (Å²) in [6, 6.07) is 47.3. The second-order valence-corrected chi connectivity index (χ2v) is 15.4. The maximum absolute atomic E-state index is 2.57. The summed E-state index contributed by atoms with van der Waals surface area (Å²) in [4.78, 5) is 0. The third-order valence-corrected chi connectivity index (χ3v) is 12.7. The highest BCUT2D eigenvalue weighted by Gasteiger charge is 2.30. The fourth-order valence-electron chi connectivity index (χ4n) is 7.58. The Hall–Kier alpha value is -4.92. The zero-order valence-electron chi connectivity index (χ0n) is 26.6. The Morgan fingerprint density at radius 3 is 2.13 bits per heavy atom. The molecule has 2 aliphatic carbocycles. The van der Waals surface area contributed by atoms with Crippen molar-refractivity contribution in [1.29, 1.82) is 0 Å². The summed E-state index contributed by atoms with van der Waals surface area (Å²) in [5, 5.41) is 2.86. The van der Waals surface area contributed by atoms with Crippen molar-refractivity contribution < 1.29 is 0 Å². The molecule has 1 heterocycles. The standard InChI is InChI=1S/C44H39NSi/c1-31-42(46-38-17-8-4-9-18-38)26-24-39-40-30-35(34-16-12-15-33(29-34)32-13-6-3-7-14-32)19-25-41(40)45(43(31)39)37-22-20-36(21-23-37)44(2)27-10-5-11-28-44/h3-27,29-31,42H,28,46H2,1-2H3. The Labute approximate surface area is 275 Å². The van der Waals surface area contributed by atoms with Crippen LogP contribution < -0.4 is 5.19 Å². The van der Waals surface area contributed by atoms with Crippen LogP contribution >= 0.6 is 0 Å². The monoisotopic (exact) mass is 609 g/mol. The molecule has 2 heteroatoms. The number of benzene rings is 5. The van der Waals surface area contributed by atoms with Gasteiger partial charge in [0.25, 0.3) is 0 Å². The number of rotatable bonds is 6. The average molecular weight is 610 g/mol. The molecule has 0 saturated heterocycles. The number of hydrogen-bond donors (Lipinski definition) is 0. The Kier molecular flexibility index (Phi) is 7.31. The van der Waals surface area contributed by atoms with Gasteiger partial charge in [-0.2, -0.15) is 0 Å². The smallest absolute Gasteiger partial charge is 0.0625 e. The van der Waals surface area contributed by atoms with Gasteiger partial charge >= 0.3 is 0 Å². The fourth-order valence-corrected chi connectivity index (χ4v) is 9.52. The third-order valence-electron chi connectivity index (χ3n) is 10.3. The van der Waals surface area contributed by atoms with Crippen LogP contribution in [0.25, 0.3) is 44.9 Å². The Morgan fingerprint density at radius 1 is 0.696 bits per heavy atom. The Balaban J connectivity index is 1.25. The summed E-state index contributed by atoms with van der Waals surface area (Å²) < 4.78 is 2.57. The molecule has 0 spiro atoms. The highest BCUT2D eigenvalue weighted by atomic mass is 28.2. The molecule has 224 valence electrons. The van der Waals surface area contributed by atoms with Crippen molar-refractivity contribution in [2.45, 2.75) is 37.1 Å². The first-order chi connectivity index (χ1) is 22.6. The zero-order valence-corrected chi connectivity index (χ0v) is 28.0. The maximum atomic E-state index is 2.57. The van der Waals surface area contributed by atoms with E-state index in [1.807, 2.05) is 0 Å². The van der Waals surface area contributed by atoms with Crippen LogP contribution in [0, 0.1) is 0 Å². The van der Waals surface area contributed by atoms with Crippen molar-refractivity contribution in [2.24, 2.45) is 0 Å². The minimum atomic E-state index is -0.498. The summed E-state index contributed by atoms with van der Waals surface area (Å²) >= 11 is 0. The van der Waals surface area contributed by atoms with Crippen molar-refractivity contribution >= 4 is 31.7 Å². The molecule has 2 aliphatic rings. The van der Waals surface area contributed by atoms with Gasteiger partial charge in [0.1, 0.15) is 0 Å². The van der Waals surface area contributed by atoms with Gasteiger partial charge < -0.3 is 4.57 Å². The minimum Gasteiger partial charge on any atom is -0.313 e. The molecule has 0 bridgehead atoms. The highest BCUT2D eigenvalue weighted by molar-refractivity contribution is 6.56. The van der Waals surface area contributed by atoms with E-state index in [4.69, 9.17) is 0 Å². The molecule has 5 aromatic carbocycles. The zero-order chi connectivity index (χ0) is 31.1. The quantitative estimate of drug-likeness (QED) is 0.166. The van der Waals surface area contributed by atoms with Crippen LogP contribution in [0.4, 0.5) is 0 Å². The van der Waals surface area contributed by atoms with E-state index in [1.54, 1.807) is 0 Å². The molecule has 46 heavy (non-hydrogen) atoms. The molecule has 3 atom stereocenters. The average Bonchev–Trinajstić information content (AvgIpc) is 3.45. The van der Waals surface area contributed by atoms with Crippen LogP contribution in [0.1, 0.15) is 43.0 Å². The first kappa shape index (κ1) is 28.5. The summed E-state index contributed by atoms with van der Waals surface area (Å²) in [5.41, 5.74) is 12.3. The van der Waals surface area contributed by atoms with Crippen molar-refractivity contribution in [1.82, 2.24) is 4.57 Å². The lowest BCUT2D eigenvalue weighted by Gasteiger charge is -2.29. The van der Waals surface area contributed by atoms with Gasteiger partial charge in [0.05, 0.1) is 15.0 Å². The Bertz CT molecular complexity index is 2110. The number of nitrogens with zero attached hydrogens (tertiary/aromatic N) is 1. The molecular formula is C44H39NSi. The molecule has 1 aromatic heterocycles. The van der Waals surface area contributed by atoms with Gasteiger partial charge in [-0.15, -0.1) is 0 Å². The number of aromatic nitrogens is 1. The van der Waals surface area contributed by atoms with Crippen molar-refractivity contribution in [3.63, 3.8) is 0 Å². The second kappa shape index (κ2) is 11.8. The molecule has 8 rings (SSSR count). The lowest BCUT2D eigenvalue weighted by molar-refractivity contribution is 0.599. The van der Waals surface area contributed by atoms with E-state index in [0.29, 0.717) is 11.5 Å². The molecule has 0 radical (unpaired) electrons. The molecule has 0 saturated carbocycles. The second-order valence-electron chi connectivity index (χ2n) is 13.3. The molecule has 0 amide bonds. The van der Waals surface area contributed by atoms with Crippen LogP contribution in [-0.2, 0) is 5.41 Å². The van der Waals surface area contributed by atoms with Gasteiger partial charge in [-0.05, 0) is 70.1 Å². The first-order valence-electron chi connectivity index (χ1n) is 16.6. The number of allylic oxidation sites excluding steroid dienone is 5. The largest absolute Gasteiger partial charge is 0.313 e. The maximum Gasteiger partial charge on any atom is 0.0625 e. The Morgan fingerprint density at radius 2 is 1.39 bits per heavy atom. The summed E-state index contributed by atoms with van der Waals surface area (Å²) in [6.45, 7) is 4.80. The van der Waals surface area contributed by atoms with E-state index in [0.717, 1.165) is 6.42 Å². The van der Waals surface area contributed by atoms with Crippen LogP contribution in [0.15, 0.2) is 158 Å². The van der Waals surface area contributed by atoms with Crippen LogP contribution in [0.3, 0.4) is 0 Å². The molecule has 6 aromatic rings. The van der Waals surface area contributed by atoms with Gasteiger partial charge in [0.15, 0.2) is 0 Å². The van der Waals surface area contributed by atoms with Crippen LogP contribution in [0.2, 0.25) is 5.54 Å². The third kappa shape index (κ3) is 5.13. The SMILES string of the molecule is CC1c2c(c3cc(-c4cccc(-c5ccccc5)c4)ccc3n2-c2ccc(C3(C)C=CC=CC3)cc2)C=CC1[SiH2]c1ccccc1. The van der Waals surface area contributed by atoms with Crippen LogP contribution in [0.5, 0.6) is 0 Å². The van der Waals surface area contributed by atoms with Gasteiger partial charge in [-0.25, -0.2) is 0 Å². The molecule has 1 nitrogen and oxygen atoms in total. The molecular weight excluding hydrogens is 571 g/mol. The topological polar surface area (TPSA) is 4.93 Å². The van der Waals surface area contributed by atoms with E-state index >= 15 is 0 Å². The van der Waals surface area contributed by atoms with Gasteiger partial charge in [0, 0.05) is 33.7 Å². The minimum absolute atomic E-state index is 0.0387. The molecule has 0 aliphatic heterocycles. The van der Waals surface area contributed by atoms with Gasteiger partial charge in [-0.1, -0.05) is 153 Å². The van der Waals surface area contributed by atoms with Crippen molar-refractivity contribution in [3.05, 3.63) is 175 Å². The van der Waals surface area contributed by atoms with E-state index < -0.39 is 9.52 Å². The first-order valence-corrected chi connectivity index (χ1v) is 18.1. The normalized spacial score (nSPS) is 20.5. The predicted octanol–water partition coefficient (Wildman–Crippen LogP) is 10.2. The summed E-state index contributed by atoms with van der Waals surface area (Å²) in [6.07, 6.45) is 15.0. The fraction of sp³-hybridized carbons (Fsp3) is 0.136. The number of hydrogen-bond acceptors (Lipinski definition) is 0.